The molecule has 1 aromatic carbocycles. The van der Waals surface area contributed by atoms with Crippen molar-refractivity contribution in [3.05, 3.63) is 39.9 Å². The number of carbonyl (C=O) groups is 1. The van der Waals surface area contributed by atoms with E-state index in [4.69, 9.17) is 5.11 Å². The second-order valence-electron chi connectivity index (χ2n) is 3.29. The van der Waals surface area contributed by atoms with Crippen LogP contribution in [0.15, 0.2) is 24.3 Å². The Labute approximate surface area is 92.0 Å². The predicted molar refractivity (Wildman–Crippen MR) is 56.7 cm³/mol. The Bertz CT molecular complexity index is 406. The van der Waals surface area contributed by atoms with Gasteiger partial charge in [0.15, 0.2) is 0 Å². The molecular weight excluding hydrogens is 212 g/mol. The first-order valence-corrected chi connectivity index (χ1v) is 4.67. The van der Waals surface area contributed by atoms with Crippen molar-refractivity contribution in [1.82, 2.24) is 5.32 Å². The highest BCUT2D eigenvalue weighted by Gasteiger charge is 2.14. The Morgan fingerprint density at radius 3 is 2.81 bits per heavy atom. The van der Waals surface area contributed by atoms with Crippen LogP contribution in [-0.2, 0) is 4.79 Å². The van der Waals surface area contributed by atoms with Crippen LogP contribution in [0.4, 0.5) is 5.69 Å². The van der Waals surface area contributed by atoms with Gasteiger partial charge in [-0.1, -0.05) is 12.1 Å². The lowest BCUT2D eigenvalue weighted by molar-refractivity contribution is -0.384. The van der Waals surface area contributed by atoms with Crippen molar-refractivity contribution in [3.63, 3.8) is 0 Å². The van der Waals surface area contributed by atoms with Gasteiger partial charge in [0.1, 0.15) is 0 Å². The molecule has 0 radical (unpaired) electrons. The minimum absolute atomic E-state index is 0.0682. The number of nitro benzene ring substituents is 1. The van der Waals surface area contributed by atoms with Crippen LogP contribution in [0.25, 0.3) is 0 Å². The Morgan fingerprint density at radius 1 is 1.62 bits per heavy atom. The molecule has 0 aromatic heterocycles. The first kappa shape index (κ1) is 12.1. The SMILES string of the molecule is CC(=O)N[C@@H](CO)c1cccc([N+](=O)[O-])c1. The fourth-order valence-corrected chi connectivity index (χ4v) is 1.33. The van der Waals surface area contributed by atoms with Crippen molar-refractivity contribution in [1.29, 1.82) is 0 Å². The zero-order chi connectivity index (χ0) is 12.1. The normalized spacial score (nSPS) is 11.9. The van der Waals surface area contributed by atoms with Crippen molar-refractivity contribution in [2.45, 2.75) is 13.0 Å². The van der Waals surface area contributed by atoms with E-state index in [9.17, 15) is 14.9 Å². The number of nitro groups is 1. The van der Waals surface area contributed by atoms with E-state index in [1.807, 2.05) is 0 Å². The van der Waals surface area contributed by atoms with Gasteiger partial charge in [0.2, 0.25) is 5.91 Å². The molecular formula is C10H12N2O4. The molecule has 0 unspecified atom stereocenters. The van der Waals surface area contributed by atoms with Gasteiger partial charge in [-0.15, -0.1) is 0 Å². The number of aliphatic hydroxyl groups excluding tert-OH is 1. The smallest absolute Gasteiger partial charge is 0.269 e. The van der Waals surface area contributed by atoms with E-state index >= 15 is 0 Å². The maximum Gasteiger partial charge on any atom is 0.269 e. The average molecular weight is 224 g/mol. The van der Waals surface area contributed by atoms with Gasteiger partial charge in [-0.25, -0.2) is 0 Å². The molecule has 0 bridgehead atoms. The number of hydrogen-bond donors (Lipinski definition) is 2. The Hall–Kier alpha value is -1.95. The number of carbonyl (C=O) groups excluding carboxylic acids is 1. The molecule has 0 saturated carbocycles. The van der Waals surface area contributed by atoms with Crippen LogP contribution in [-0.4, -0.2) is 22.5 Å². The van der Waals surface area contributed by atoms with Crippen LogP contribution in [0.1, 0.15) is 18.5 Å². The summed E-state index contributed by atoms with van der Waals surface area (Å²) in [6.45, 7) is 1.01. The van der Waals surface area contributed by atoms with Crippen molar-refractivity contribution in [2.24, 2.45) is 0 Å². The van der Waals surface area contributed by atoms with Gasteiger partial charge in [-0.2, -0.15) is 0 Å². The standard InChI is InChI=1S/C10H12N2O4/c1-7(14)11-10(6-13)8-3-2-4-9(5-8)12(15)16/h2-5,10,13H,6H2,1H3,(H,11,14)/t10-/m0/s1. The van der Waals surface area contributed by atoms with Gasteiger partial charge in [0.25, 0.3) is 5.69 Å². The summed E-state index contributed by atoms with van der Waals surface area (Å²) < 4.78 is 0. The van der Waals surface area contributed by atoms with Gasteiger partial charge in [0, 0.05) is 19.1 Å². The summed E-state index contributed by atoms with van der Waals surface area (Å²) in [6.07, 6.45) is 0. The first-order chi connectivity index (χ1) is 7.54. The van der Waals surface area contributed by atoms with Gasteiger partial charge in [-0.3, -0.25) is 14.9 Å². The van der Waals surface area contributed by atoms with Crippen molar-refractivity contribution < 1.29 is 14.8 Å². The molecule has 0 saturated heterocycles. The number of non-ortho nitro benzene ring substituents is 1. The van der Waals surface area contributed by atoms with Crippen LogP contribution in [0.2, 0.25) is 0 Å². The topological polar surface area (TPSA) is 92.5 Å². The molecule has 6 heteroatoms. The molecule has 0 spiro atoms. The lowest BCUT2D eigenvalue weighted by atomic mass is 10.1. The van der Waals surface area contributed by atoms with E-state index in [0.29, 0.717) is 5.56 Å². The molecule has 1 atom stereocenters. The van der Waals surface area contributed by atoms with E-state index in [0.717, 1.165) is 0 Å². The molecule has 0 aliphatic rings. The number of nitrogens with one attached hydrogen (secondary N) is 1. The maximum atomic E-state index is 10.8. The average Bonchev–Trinajstić information content (AvgIpc) is 2.25. The first-order valence-electron chi connectivity index (χ1n) is 4.67. The van der Waals surface area contributed by atoms with E-state index in [1.54, 1.807) is 6.07 Å². The highest BCUT2D eigenvalue weighted by Crippen LogP contribution is 2.18. The van der Waals surface area contributed by atoms with E-state index in [2.05, 4.69) is 5.32 Å². The third kappa shape index (κ3) is 3.03. The number of nitrogens with zero attached hydrogens (tertiary/aromatic N) is 1. The second kappa shape index (κ2) is 5.22. The molecule has 16 heavy (non-hydrogen) atoms. The largest absolute Gasteiger partial charge is 0.394 e. The quantitative estimate of drug-likeness (QED) is 0.583. The predicted octanol–water partition coefficient (Wildman–Crippen LogP) is 0.764. The minimum Gasteiger partial charge on any atom is -0.394 e. The minimum atomic E-state index is -0.614. The van der Waals surface area contributed by atoms with Gasteiger partial charge in [0.05, 0.1) is 17.6 Å². The Kier molecular flexibility index (Phi) is 3.96. The number of hydrogen-bond acceptors (Lipinski definition) is 4. The summed E-state index contributed by atoms with van der Waals surface area (Å²) in [4.78, 5) is 20.9. The molecule has 1 rings (SSSR count). The van der Waals surface area contributed by atoms with Crippen LogP contribution in [0.3, 0.4) is 0 Å². The van der Waals surface area contributed by atoms with Crippen LogP contribution < -0.4 is 5.32 Å². The second-order valence-corrected chi connectivity index (χ2v) is 3.29. The lowest BCUT2D eigenvalue weighted by Gasteiger charge is -2.14. The summed E-state index contributed by atoms with van der Waals surface area (Å²) >= 11 is 0. The molecule has 0 fully saturated rings. The van der Waals surface area contributed by atoms with Gasteiger partial charge < -0.3 is 10.4 Å². The summed E-state index contributed by atoms with van der Waals surface area (Å²) in [6, 6.07) is 5.20. The number of benzene rings is 1. The summed E-state index contributed by atoms with van der Waals surface area (Å²) in [5, 5.41) is 22.1. The Morgan fingerprint density at radius 2 is 2.31 bits per heavy atom. The Balaban J connectivity index is 2.96. The van der Waals surface area contributed by atoms with Crippen LogP contribution >= 0.6 is 0 Å². The highest BCUT2D eigenvalue weighted by molar-refractivity contribution is 5.73. The molecule has 0 aliphatic heterocycles. The van der Waals surface area contributed by atoms with E-state index < -0.39 is 11.0 Å². The summed E-state index contributed by atoms with van der Waals surface area (Å²) in [5.41, 5.74) is 0.438. The third-order valence-electron chi connectivity index (χ3n) is 2.04. The monoisotopic (exact) mass is 224 g/mol. The number of rotatable bonds is 4. The fraction of sp³-hybridized carbons (Fsp3) is 0.300. The molecule has 86 valence electrons. The summed E-state index contributed by atoms with van der Waals surface area (Å²) in [7, 11) is 0. The third-order valence-corrected chi connectivity index (χ3v) is 2.04. The summed E-state index contributed by atoms with van der Waals surface area (Å²) in [5.74, 6) is -0.300. The van der Waals surface area contributed by atoms with Gasteiger partial charge >= 0.3 is 0 Å². The molecule has 0 heterocycles. The fourth-order valence-electron chi connectivity index (χ4n) is 1.33. The molecule has 6 nitrogen and oxygen atoms in total. The molecule has 2 N–H and O–H groups in total. The molecule has 1 amide bonds. The van der Waals surface area contributed by atoms with Crippen molar-refractivity contribution >= 4 is 11.6 Å². The van der Waals surface area contributed by atoms with E-state index in [1.165, 1.54) is 25.1 Å². The molecule has 0 aliphatic carbocycles. The highest BCUT2D eigenvalue weighted by atomic mass is 16.6. The van der Waals surface area contributed by atoms with Crippen LogP contribution in [0, 0.1) is 10.1 Å². The number of aliphatic hydroxyl groups is 1. The van der Waals surface area contributed by atoms with E-state index in [-0.39, 0.29) is 18.2 Å². The lowest BCUT2D eigenvalue weighted by Crippen LogP contribution is -2.28. The number of amides is 1. The zero-order valence-electron chi connectivity index (χ0n) is 8.71. The van der Waals surface area contributed by atoms with Gasteiger partial charge in [-0.05, 0) is 5.56 Å². The van der Waals surface area contributed by atoms with Crippen LogP contribution in [0.5, 0.6) is 0 Å². The molecule has 1 aromatic rings. The van der Waals surface area contributed by atoms with Crippen molar-refractivity contribution in [2.75, 3.05) is 6.61 Å². The van der Waals surface area contributed by atoms with Crippen molar-refractivity contribution in [3.8, 4) is 0 Å². The maximum absolute atomic E-state index is 10.8. The zero-order valence-corrected chi connectivity index (χ0v) is 8.71.